The van der Waals surface area contributed by atoms with Gasteiger partial charge in [0.1, 0.15) is 5.76 Å². The first kappa shape index (κ1) is 9.71. The van der Waals surface area contributed by atoms with Gasteiger partial charge in [-0.25, -0.2) is 0 Å². The van der Waals surface area contributed by atoms with Crippen LogP contribution in [0.3, 0.4) is 0 Å². The predicted octanol–water partition coefficient (Wildman–Crippen LogP) is 2.27. The average Bonchev–Trinajstić information content (AvgIpc) is 2.67. The molecule has 14 heavy (non-hydrogen) atoms. The summed E-state index contributed by atoms with van der Waals surface area (Å²) in [5.74, 6) is 2.15. The lowest BCUT2D eigenvalue weighted by molar-refractivity contribution is 0.326. The van der Waals surface area contributed by atoms with Crippen LogP contribution in [0.1, 0.15) is 49.8 Å². The molecule has 3 nitrogen and oxygen atoms in total. The first-order valence-electron chi connectivity index (χ1n) is 5.44. The first-order chi connectivity index (χ1) is 6.79. The van der Waals surface area contributed by atoms with Crippen LogP contribution in [0, 0.1) is 0 Å². The van der Waals surface area contributed by atoms with Crippen molar-refractivity contribution in [1.82, 2.24) is 10.5 Å². The third-order valence-electron chi connectivity index (χ3n) is 2.92. The average molecular weight is 194 g/mol. The molecule has 0 aliphatic carbocycles. The number of piperidine rings is 1. The van der Waals surface area contributed by atoms with Crippen molar-refractivity contribution in [3.8, 4) is 0 Å². The molecule has 1 atom stereocenters. The molecule has 0 saturated carbocycles. The standard InChI is InChI=1S/C11H18N2O/c1-8(2)10-7-13-14-11(10)9-4-3-5-12-6-9/h7-9,12H,3-6H2,1-2H3. The van der Waals surface area contributed by atoms with E-state index in [4.69, 9.17) is 4.52 Å². The Morgan fingerprint density at radius 1 is 1.57 bits per heavy atom. The van der Waals surface area contributed by atoms with Crippen LogP contribution in [0.2, 0.25) is 0 Å². The van der Waals surface area contributed by atoms with E-state index >= 15 is 0 Å². The zero-order valence-corrected chi connectivity index (χ0v) is 8.92. The molecule has 0 bridgehead atoms. The van der Waals surface area contributed by atoms with Gasteiger partial charge in [0.15, 0.2) is 0 Å². The molecule has 0 radical (unpaired) electrons. The van der Waals surface area contributed by atoms with E-state index in [-0.39, 0.29) is 0 Å². The zero-order valence-electron chi connectivity index (χ0n) is 8.92. The maximum Gasteiger partial charge on any atom is 0.144 e. The van der Waals surface area contributed by atoms with Gasteiger partial charge in [0.2, 0.25) is 0 Å². The van der Waals surface area contributed by atoms with Gasteiger partial charge in [-0.2, -0.15) is 0 Å². The van der Waals surface area contributed by atoms with Crippen LogP contribution in [0.5, 0.6) is 0 Å². The Balaban J connectivity index is 2.17. The summed E-state index contributed by atoms with van der Waals surface area (Å²) in [6.07, 6.45) is 4.33. The van der Waals surface area contributed by atoms with Crippen LogP contribution < -0.4 is 5.32 Å². The van der Waals surface area contributed by atoms with Gasteiger partial charge in [-0.3, -0.25) is 0 Å². The van der Waals surface area contributed by atoms with Gasteiger partial charge in [-0.1, -0.05) is 19.0 Å². The fourth-order valence-corrected chi connectivity index (χ4v) is 2.08. The second-order valence-corrected chi connectivity index (χ2v) is 4.34. The summed E-state index contributed by atoms with van der Waals surface area (Å²) >= 11 is 0. The molecule has 78 valence electrons. The van der Waals surface area contributed by atoms with E-state index in [1.54, 1.807) is 0 Å². The second kappa shape index (κ2) is 4.13. The van der Waals surface area contributed by atoms with E-state index in [1.165, 1.54) is 18.4 Å². The van der Waals surface area contributed by atoms with Crippen LogP contribution in [0.15, 0.2) is 10.7 Å². The lowest BCUT2D eigenvalue weighted by Crippen LogP contribution is -2.28. The van der Waals surface area contributed by atoms with E-state index in [2.05, 4.69) is 24.3 Å². The first-order valence-corrected chi connectivity index (χ1v) is 5.44. The smallest absolute Gasteiger partial charge is 0.144 e. The summed E-state index contributed by atoms with van der Waals surface area (Å²) < 4.78 is 5.38. The largest absolute Gasteiger partial charge is 0.361 e. The quantitative estimate of drug-likeness (QED) is 0.784. The fraction of sp³-hybridized carbons (Fsp3) is 0.727. The summed E-state index contributed by atoms with van der Waals surface area (Å²) in [7, 11) is 0. The van der Waals surface area contributed by atoms with E-state index in [0.29, 0.717) is 11.8 Å². The van der Waals surface area contributed by atoms with Gasteiger partial charge in [0.05, 0.1) is 6.20 Å². The van der Waals surface area contributed by atoms with E-state index in [0.717, 1.165) is 18.8 Å². The zero-order chi connectivity index (χ0) is 9.97. The minimum absolute atomic E-state index is 0.512. The highest BCUT2D eigenvalue weighted by molar-refractivity contribution is 5.21. The highest BCUT2D eigenvalue weighted by Crippen LogP contribution is 2.29. The monoisotopic (exact) mass is 194 g/mol. The minimum Gasteiger partial charge on any atom is -0.361 e. The summed E-state index contributed by atoms with van der Waals surface area (Å²) in [4.78, 5) is 0. The molecule has 1 fully saturated rings. The number of aromatic nitrogens is 1. The molecule has 1 saturated heterocycles. The van der Waals surface area contributed by atoms with Crippen LogP contribution in [0.25, 0.3) is 0 Å². The minimum atomic E-state index is 0.512. The Morgan fingerprint density at radius 2 is 2.43 bits per heavy atom. The number of hydrogen-bond acceptors (Lipinski definition) is 3. The van der Waals surface area contributed by atoms with E-state index < -0.39 is 0 Å². The van der Waals surface area contributed by atoms with Gasteiger partial charge >= 0.3 is 0 Å². The highest BCUT2D eigenvalue weighted by atomic mass is 16.5. The number of nitrogens with zero attached hydrogens (tertiary/aromatic N) is 1. The summed E-state index contributed by atoms with van der Waals surface area (Å²) in [5.41, 5.74) is 1.28. The van der Waals surface area contributed by atoms with Crippen molar-refractivity contribution in [2.24, 2.45) is 0 Å². The molecule has 1 unspecified atom stereocenters. The van der Waals surface area contributed by atoms with Gasteiger partial charge < -0.3 is 9.84 Å². The molecular formula is C11H18N2O. The van der Waals surface area contributed by atoms with Crippen molar-refractivity contribution in [3.63, 3.8) is 0 Å². The molecule has 0 aromatic carbocycles. The predicted molar refractivity (Wildman–Crippen MR) is 55.4 cm³/mol. The molecule has 2 rings (SSSR count). The van der Waals surface area contributed by atoms with Crippen LogP contribution in [-0.4, -0.2) is 18.2 Å². The van der Waals surface area contributed by atoms with Crippen molar-refractivity contribution in [2.45, 2.75) is 38.5 Å². The van der Waals surface area contributed by atoms with Crippen molar-refractivity contribution in [3.05, 3.63) is 17.5 Å². The lowest BCUT2D eigenvalue weighted by Gasteiger charge is -2.21. The van der Waals surface area contributed by atoms with Crippen molar-refractivity contribution in [2.75, 3.05) is 13.1 Å². The Labute approximate surface area is 84.9 Å². The topological polar surface area (TPSA) is 38.1 Å². The molecule has 1 aromatic rings. The van der Waals surface area contributed by atoms with Gasteiger partial charge in [0.25, 0.3) is 0 Å². The van der Waals surface area contributed by atoms with Gasteiger partial charge in [0, 0.05) is 18.0 Å². The van der Waals surface area contributed by atoms with Gasteiger partial charge in [-0.05, 0) is 25.3 Å². The third kappa shape index (κ3) is 1.82. The molecule has 1 N–H and O–H groups in total. The fourth-order valence-electron chi connectivity index (χ4n) is 2.08. The Kier molecular flexibility index (Phi) is 2.87. The molecule has 2 heterocycles. The number of hydrogen-bond donors (Lipinski definition) is 1. The maximum atomic E-state index is 5.38. The van der Waals surface area contributed by atoms with Gasteiger partial charge in [-0.15, -0.1) is 0 Å². The highest BCUT2D eigenvalue weighted by Gasteiger charge is 2.23. The second-order valence-electron chi connectivity index (χ2n) is 4.34. The van der Waals surface area contributed by atoms with E-state index in [1.807, 2.05) is 6.20 Å². The van der Waals surface area contributed by atoms with E-state index in [9.17, 15) is 0 Å². The molecule has 1 aliphatic heterocycles. The van der Waals surface area contributed by atoms with Crippen LogP contribution in [0.4, 0.5) is 0 Å². The van der Waals surface area contributed by atoms with Crippen molar-refractivity contribution in [1.29, 1.82) is 0 Å². The molecule has 1 aromatic heterocycles. The Hall–Kier alpha value is -0.830. The molecule has 1 aliphatic rings. The number of nitrogens with one attached hydrogen (secondary N) is 1. The Morgan fingerprint density at radius 3 is 3.07 bits per heavy atom. The summed E-state index contributed by atoms with van der Waals surface area (Å²) in [6, 6.07) is 0. The molecular weight excluding hydrogens is 176 g/mol. The van der Waals surface area contributed by atoms with Crippen LogP contribution >= 0.6 is 0 Å². The third-order valence-corrected chi connectivity index (χ3v) is 2.92. The van der Waals surface area contributed by atoms with Crippen molar-refractivity contribution < 1.29 is 4.52 Å². The molecule has 0 spiro atoms. The van der Waals surface area contributed by atoms with Crippen molar-refractivity contribution >= 4 is 0 Å². The SMILES string of the molecule is CC(C)c1cnoc1C1CCCNC1. The molecule has 0 amide bonds. The molecule has 3 heteroatoms. The summed E-state index contributed by atoms with van der Waals surface area (Å²) in [6.45, 7) is 6.55. The maximum absolute atomic E-state index is 5.38. The number of rotatable bonds is 2. The Bertz CT molecular complexity index is 287. The summed E-state index contributed by atoms with van der Waals surface area (Å²) in [5, 5.41) is 7.32. The normalized spacial score (nSPS) is 22.9. The van der Waals surface area contributed by atoms with Crippen LogP contribution in [-0.2, 0) is 0 Å². The lowest BCUT2D eigenvalue weighted by atomic mass is 9.91.